The van der Waals surface area contributed by atoms with Crippen molar-refractivity contribution in [2.75, 3.05) is 18.5 Å². The van der Waals surface area contributed by atoms with Crippen molar-refractivity contribution in [1.82, 2.24) is 4.98 Å². The van der Waals surface area contributed by atoms with E-state index < -0.39 is 0 Å². The minimum atomic E-state index is -0.335. The minimum absolute atomic E-state index is 0.122. The highest BCUT2D eigenvalue weighted by Gasteiger charge is 2.19. The molecule has 1 unspecified atom stereocenters. The van der Waals surface area contributed by atoms with E-state index in [4.69, 9.17) is 13.9 Å². The Balaban J connectivity index is 1.64. The van der Waals surface area contributed by atoms with Crippen LogP contribution in [-0.4, -0.2) is 29.4 Å². The van der Waals surface area contributed by atoms with Gasteiger partial charge in [-0.3, -0.25) is 4.79 Å². The van der Waals surface area contributed by atoms with E-state index in [-0.39, 0.29) is 11.2 Å². The fourth-order valence-corrected chi connectivity index (χ4v) is 3.01. The number of oxazole rings is 1. The van der Waals surface area contributed by atoms with Gasteiger partial charge in [0.1, 0.15) is 5.76 Å². The fourth-order valence-electron chi connectivity index (χ4n) is 2.18. The van der Waals surface area contributed by atoms with Crippen molar-refractivity contribution in [2.45, 2.75) is 37.7 Å². The number of aryl methyl sites for hydroxylation is 2. The first-order valence-electron chi connectivity index (χ1n) is 7.84. The molecule has 2 aromatic rings. The predicted octanol–water partition coefficient (Wildman–Crippen LogP) is 3.57. The van der Waals surface area contributed by atoms with Gasteiger partial charge in [-0.1, -0.05) is 11.8 Å². The van der Waals surface area contributed by atoms with Crippen LogP contribution in [0.15, 0.2) is 27.8 Å². The summed E-state index contributed by atoms with van der Waals surface area (Å²) in [6.07, 6.45) is 0.846. The van der Waals surface area contributed by atoms with Crippen LogP contribution in [0, 0.1) is 13.8 Å². The van der Waals surface area contributed by atoms with Gasteiger partial charge in [-0.05, 0) is 32.9 Å². The zero-order valence-corrected chi connectivity index (χ0v) is 14.7. The molecule has 6 nitrogen and oxygen atoms in total. The highest BCUT2D eigenvalue weighted by molar-refractivity contribution is 8.00. The van der Waals surface area contributed by atoms with Crippen LogP contribution in [0.25, 0.3) is 0 Å². The molecule has 1 aromatic heterocycles. The summed E-state index contributed by atoms with van der Waals surface area (Å²) in [5.41, 5.74) is 1.52. The van der Waals surface area contributed by atoms with Gasteiger partial charge in [0.05, 0.1) is 24.2 Å². The van der Waals surface area contributed by atoms with Crippen LogP contribution in [0.2, 0.25) is 0 Å². The number of hydrogen-bond acceptors (Lipinski definition) is 6. The summed E-state index contributed by atoms with van der Waals surface area (Å²) in [5, 5.41) is 3.06. The van der Waals surface area contributed by atoms with Gasteiger partial charge in [0.25, 0.3) is 5.22 Å². The number of hydrogen-bond donors (Lipinski definition) is 1. The zero-order chi connectivity index (χ0) is 17.1. The number of fused-ring (bicyclic) bond motifs is 1. The minimum Gasteiger partial charge on any atom is -0.490 e. The second-order valence-electron chi connectivity index (χ2n) is 5.58. The van der Waals surface area contributed by atoms with Crippen LogP contribution in [-0.2, 0) is 4.79 Å². The van der Waals surface area contributed by atoms with E-state index in [1.54, 1.807) is 6.07 Å². The number of thioether (sulfide) groups is 1. The number of benzene rings is 1. The van der Waals surface area contributed by atoms with E-state index in [1.165, 1.54) is 11.8 Å². The molecule has 3 rings (SSSR count). The average Bonchev–Trinajstić information content (AvgIpc) is 2.75. The Bertz CT molecular complexity index is 725. The number of aromatic nitrogens is 1. The molecule has 1 aliphatic heterocycles. The molecule has 2 heterocycles. The highest BCUT2D eigenvalue weighted by Crippen LogP contribution is 2.33. The number of amides is 1. The maximum absolute atomic E-state index is 12.4. The second kappa shape index (κ2) is 7.17. The van der Waals surface area contributed by atoms with Crippen molar-refractivity contribution in [3.63, 3.8) is 0 Å². The third kappa shape index (κ3) is 3.84. The maximum Gasteiger partial charge on any atom is 0.256 e. The quantitative estimate of drug-likeness (QED) is 0.852. The van der Waals surface area contributed by atoms with E-state index in [9.17, 15) is 4.79 Å². The van der Waals surface area contributed by atoms with Crippen LogP contribution in [0.1, 0.15) is 24.8 Å². The Morgan fingerprint density at radius 3 is 2.71 bits per heavy atom. The van der Waals surface area contributed by atoms with Gasteiger partial charge in [-0.25, -0.2) is 4.98 Å². The van der Waals surface area contributed by atoms with E-state index in [0.717, 1.165) is 17.9 Å². The normalized spacial score (nSPS) is 14.8. The summed E-state index contributed by atoms with van der Waals surface area (Å²) in [4.78, 5) is 16.7. The molecule has 0 spiro atoms. The lowest BCUT2D eigenvalue weighted by Gasteiger charge is -2.12. The topological polar surface area (TPSA) is 73.6 Å². The number of rotatable bonds is 4. The molecule has 1 aliphatic rings. The Morgan fingerprint density at radius 1 is 1.25 bits per heavy atom. The summed E-state index contributed by atoms with van der Waals surface area (Å²) in [5.74, 6) is 2.01. The number of nitrogens with one attached hydrogen (secondary N) is 1. The van der Waals surface area contributed by atoms with E-state index in [0.29, 0.717) is 35.6 Å². The molecule has 1 atom stereocenters. The van der Waals surface area contributed by atoms with E-state index in [2.05, 4.69) is 10.3 Å². The van der Waals surface area contributed by atoms with Gasteiger partial charge in [0.2, 0.25) is 5.91 Å². The van der Waals surface area contributed by atoms with E-state index in [1.807, 2.05) is 32.9 Å². The van der Waals surface area contributed by atoms with Crippen LogP contribution < -0.4 is 14.8 Å². The van der Waals surface area contributed by atoms with Crippen molar-refractivity contribution in [1.29, 1.82) is 0 Å². The monoisotopic (exact) mass is 348 g/mol. The molecular weight excluding hydrogens is 328 g/mol. The zero-order valence-electron chi connectivity index (χ0n) is 13.9. The standard InChI is InChI=1S/C17H20N2O4S/c1-10-11(2)23-17(18-10)24-12(3)16(20)19-13-5-6-14-15(9-13)22-8-4-7-21-14/h5-6,9,12H,4,7-8H2,1-3H3,(H,19,20). The first-order chi connectivity index (χ1) is 11.5. The molecule has 0 aliphatic carbocycles. The molecule has 7 heteroatoms. The van der Waals surface area contributed by atoms with Gasteiger partial charge >= 0.3 is 0 Å². The molecule has 0 saturated heterocycles. The molecule has 128 valence electrons. The Kier molecular flexibility index (Phi) is 4.99. The number of nitrogens with zero attached hydrogens (tertiary/aromatic N) is 1. The Morgan fingerprint density at radius 2 is 2.00 bits per heavy atom. The second-order valence-corrected chi connectivity index (χ2v) is 6.87. The lowest BCUT2D eigenvalue weighted by atomic mass is 10.2. The maximum atomic E-state index is 12.4. The predicted molar refractivity (Wildman–Crippen MR) is 92.0 cm³/mol. The summed E-state index contributed by atoms with van der Waals surface area (Å²) in [6, 6.07) is 5.41. The largest absolute Gasteiger partial charge is 0.490 e. The van der Waals surface area contributed by atoms with Crippen LogP contribution >= 0.6 is 11.8 Å². The number of carbonyl (C=O) groups is 1. The van der Waals surface area contributed by atoms with Gasteiger partial charge in [-0.2, -0.15) is 0 Å². The Labute approximate surface area is 144 Å². The van der Waals surface area contributed by atoms with Crippen molar-refractivity contribution in [3.8, 4) is 11.5 Å². The number of ether oxygens (including phenoxy) is 2. The molecule has 1 aromatic carbocycles. The fraction of sp³-hybridized carbons (Fsp3) is 0.412. The summed E-state index contributed by atoms with van der Waals surface area (Å²) in [6.45, 7) is 6.80. The van der Waals surface area contributed by atoms with Crippen molar-refractivity contribution in [3.05, 3.63) is 29.7 Å². The van der Waals surface area contributed by atoms with Gasteiger partial charge in [-0.15, -0.1) is 0 Å². The van der Waals surface area contributed by atoms with Crippen molar-refractivity contribution < 1.29 is 18.7 Å². The first kappa shape index (κ1) is 16.7. The molecular formula is C17H20N2O4S. The Hall–Kier alpha value is -2.15. The molecule has 1 N–H and O–H groups in total. The summed E-state index contributed by atoms with van der Waals surface area (Å²) < 4.78 is 16.7. The van der Waals surface area contributed by atoms with Crippen LogP contribution in [0.4, 0.5) is 5.69 Å². The summed E-state index contributed by atoms with van der Waals surface area (Å²) >= 11 is 1.29. The smallest absolute Gasteiger partial charge is 0.256 e. The molecule has 1 amide bonds. The summed E-state index contributed by atoms with van der Waals surface area (Å²) in [7, 11) is 0. The van der Waals surface area contributed by atoms with Crippen LogP contribution in [0.3, 0.4) is 0 Å². The van der Waals surface area contributed by atoms with Gasteiger partial charge in [0, 0.05) is 18.2 Å². The van der Waals surface area contributed by atoms with E-state index >= 15 is 0 Å². The highest BCUT2D eigenvalue weighted by atomic mass is 32.2. The number of anilines is 1. The number of carbonyl (C=O) groups excluding carboxylic acids is 1. The molecule has 0 fully saturated rings. The van der Waals surface area contributed by atoms with Crippen LogP contribution in [0.5, 0.6) is 11.5 Å². The first-order valence-corrected chi connectivity index (χ1v) is 8.72. The third-order valence-electron chi connectivity index (χ3n) is 3.67. The van der Waals surface area contributed by atoms with Gasteiger partial charge < -0.3 is 19.2 Å². The lowest BCUT2D eigenvalue weighted by molar-refractivity contribution is -0.115. The average molecular weight is 348 g/mol. The molecule has 0 bridgehead atoms. The SMILES string of the molecule is Cc1nc(SC(C)C(=O)Nc2ccc3c(c2)OCCCO3)oc1C. The molecule has 0 radical (unpaired) electrons. The van der Waals surface area contributed by atoms with Crippen molar-refractivity contribution >= 4 is 23.4 Å². The third-order valence-corrected chi connectivity index (χ3v) is 4.61. The van der Waals surface area contributed by atoms with Crippen molar-refractivity contribution in [2.24, 2.45) is 0 Å². The van der Waals surface area contributed by atoms with Gasteiger partial charge in [0.15, 0.2) is 11.5 Å². The molecule has 24 heavy (non-hydrogen) atoms. The lowest BCUT2D eigenvalue weighted by Crippen LogP contribution is -2.22. The molecule has 0 saturated carbocycles.